The van der Waals surface area contributed by atoms with Crippen LogP contribution in [-0.4, -0.2) is 38.3 Å². The summed E-state index contributed by atoms with van der Waals surface area (Å²) in [5.74, 6) is 0.0770. The summed E-state index contributed by atoms with van der Waals surface area (Å²) in [6, 6.07) is 0. The maximum Gasteiger partial charge on any atom is 0.222 e. The van der Waals surface area contributed by atoms with E-state index in [-0.39, 0.29) is 12.0 Å². The van der Waals surface area contributed by atoms with Crippen molar-refractivity contribution in [2.24, 2.45) is 0 Å². The van der Waals surface area contributed by atoms with E-state index >= 15 is 0 Å². The van der Waals surface area contributed by atoms with Crippen LogP contribution in [0.1, 0.15) is 19.8 Å². The molecule has 1 aliphatic rings. The first-order chi connectivity index (χ1) is 7.33. The lowest BCUT2D eigenvalue weighted by Crippen LogP contribution is -2.41. The molecule has 1 atom stereocenters. The van der Waals surface area contributed by atoms with Crippen LogP contribution in [0.3, 0.4) is 0 Å². The Labute approximate surface area is 91.1 Å². The average molecular weight is 212 g/mol. The molecule has 0 radical (unpaired) electrons. The fourth-order valence-corrected chi connectivity index (χ4v) is 1.49. The van der Waals surface area contributed by atoms with Gasteiger partial charge in [0.1, 0.15) is 0 Å². The fraction of sp³-hybridized carbons (Fsp3) is 0.727. The van der Waals surface area contributed by atoms with Crippen LogP contribution in [0.2, 0.25) is 0 Å². The average Bonchev–Trinajstić information content (AvgIpc) is 2.26. The van der Waals surface area contributed by atoms with Crippen molar-refractivity contribution < 1.29 is 9.53 Å². The second kappa shape index (κ2) is 7.43. The van der Waals surface area contributed by atoms with Gasteiger partial charge in [-0.15, -0.1) is 0 Å². The summed E-state index contributed by atoms with van der Waals surface area (Å²) in [5, 5.41) is 6.07. The van der Waals surface area contributed by atoms with E-state index in [1.807, 2.05) is 19.1 Å². The summed E-state index contributed by atoms with van der Waals surface area (Å²) in [6.45, 7) is 5.06. The Morgan fingerprint density at radius 3 is 3.20 bits per heavy atom. The van der Waals surface area contributed by atoms with Gasteiger partial charge in [0.2, 0.25) is 5.91 Å². The van der Waals surface area contributed by atoms with E-state index in [0.717, 1.165) is 19.5 Å². The summed E-state index contributed by atoms with van der Waals surface area (Å²) in [6.07, 6.45) is 5.43. The summed E-state index contributed by atoms with van der Waals surface area (Å²) in [7, 11) is 0. The topological polar surface area (TPSA) is 50.4 Å². The van der Waals surface area contributed by atoms with Gasteiger partial charge in [0.25, 0.3) is 0 Å². The minimum atomic E-state index is 0.0421. The molecule has 2 N–H and O–H groups in total. The van der Waals surface area contributed by atoms with Gasteiger partial charge in [-0.3, -0.25) is 4.79 Å². The normalized spacial score (nSPS) is 21.8. The zero-order valence-electron chi connectivity index (χ0n) is 9.29. The van der Waals surface area contributed by atoms with E-state index in [2.05, 4.69) is 10.6 Å². The van der Waals surface area contributed by atoms with E-state index in [0.29, 0.717) is 19.6 Å². The van der Waals surface area contributed by atoms with Crippen LogP contribution in [0.25, 0.3) is 0 Å². The fourth-order valence-electron chi connectivity index (χ4n) is 1.49. The highest BCUT2D eigenvalue weighted by molar-refractivity contribution is 5.76. The molecule has 1 saturated heterocycles. The number of ether oxygens (including phenoxy) is 1. The van der Waals surface area contributed by atoms with Gasteiger partial charge in [-0.25, -0.2) is 0 Å². The van der Waals surface area contributed by atoms with Crippen molar-refractivity contribution in [3.05, 3.63) is 12.2 Å². The third-order valence-corrected chi connectivity index (χ3v) is 2.29. The number of hydrogen-bond acceptors (Lipinski definition) is 3. The number of allylic oxidation sites excluding steroid dienone is 1. The summed E-state index contributed by atoms with van der Waals surface area (Å²) in [4.78, 5) is 11.4. The van der Waals surface area contributed by atoms with Crippen molar-refractivity contribution in [1.82, 2.24) is 10.6 Å². The molecule has 0 spiro atoms. The third-order valence-electron chi connectivity index (χ3n) is 2.29. The molecule has 15 heavy (non-hydrogen) atoms. The zero-order chi connectivity index (χ0) is 10.9. The SMILES string of the molecule is C/C=C/CCNC(=O)CC1CNCCO1. The second-order valence-corrected chi connectivity index (χ2v) is 3.61. The molecule has 0 saturated carbocycles. The number of morpholine rings is 1. The number of carbonyl (C=O) groups excluding carboxylic acids is 1. The van der Waals surface area contributed by atoms with E-state index in [4.69, 9.17) is 4.74 Å². The number of hydrogen-bond donors (Lipinski definition) is 2. The van der Waals surface area contributed by atoms with Crippen molar-refractivity contribution in [1.29, 1.82) is 0 Å². The van der Waals surface area contributed by atoms with E-state index in [9.17, 15) is 4.79 Å². The minimum absolute atomic E-state index is 0.0421. The Kier molecular flexibility index (Phi) is 6.04. The predicted octanol–water partition coefficient (Wildman–Crippen LogP) is 0.447. The molecule has 1 fully saturated rings. The molecule has 1 aliphatic heterocycles. The highest BCUT2D eigenvalue weighted by Crippen LogP contribution is 2.00. The van der Waals surface area contributed by atoms with Crippen LogP contribution in [0.5, 0.6) is 0 Å². The van der Waals surface area contributed by atoms with Crippen molar-refractivity contribution in [3.8, 4) is 0 Å². The van der Waals surface area contributed by atoms with Crippen LogP contribution >= 0.6 is 0 Å². The Hall–Kier alpha value is -0.870. The lowest BCUT2D eigenvalue weighted by molar-refractivity contribution is -0.124. The first-order valence-electron chi connectivity index (χ1n) is 5.53. The maximum absolute atomic E-state index is 11.4. The molecule has 0 aromatic rings. The molecule has 0 bridgehead atoms. The lowest BCUT2D eigenvalue weighted by atomic mass is 10.2. The Balaban J connectivity index is 2.06. The van der Waals surface area contributed by atoms with Crippen molar-refractivity contribution in [3.63, 3.8) is 0 Å². The lowest BCUT2D eigenvalue weighted by Gasteiger charge is -2.22. The van der Waals surface area contributed by atoms with Gasteiger partial charge in [0.15, 0.2) is 0 Å². The Morgan fingerprint density at radius 1 is 1.67 bits per heavy atom. The molecule has 1 heterocycles. The molecule has 0 aromatic heterocycles. The van der Waals surface area contributed by atoms with E-state index < -0.39 is 0 Å². The first-order valence-corrected chi connectivity index (χ1v) is 5.53. The molecule has 1 amide bonds. The third kappa shape index (κ3) is 5.54. The highest BCUT2D eigenvalue weighted by Gasteiger charge is 2.16. The monoisotopic (exact) mass is 212 g/mol. The van der Waals surface area contributed by atoms with Crippen molar-refractivity contribution >= 4 is 5.91 Å². The predicted molar refractivity (Wildman–Crippen MR) is 59.7 cm³/mol. The van der Waals surface area contributed by atoms with Gasteiger partial charge in [-0.2, -0.15) is 0 Å². The molecule has 4 heteroatoms. The molecular formula is C11H20N2O2. The molecule has 86 valence electrons. The van der Waals surface area contributed by atoms with Crippen molar-refractivity contribution in [2.75, 3.05) is 26.2 Å². The standard InChI is InChI=1S/C11H20N2O2/c1-2-3-4-5-13-11(14)8-10-9-12-6-7-15-10/h2-3,10,12H,4-9H2,1H3,(H,13,14)/b3-2+. The van der Waals surface area contributed by atoms with Gasteiger partial charge in [0, 0.05) is 19.6 Å². The quantitative estimate of drug-likeness (QED) is 0.514. The molecule has 0 aliphatic carbocycles. The van der Waals surface area contributed by atoms with E-state index in [1.165, 1.54) is 0 Å². The largest absolute Gasteiger partial charge is 0.375 e. The van der Waals surface area contributed by atoms with Gasteiger partial charge < -0.3 is 15.4 Å². The van der Waals surface area contributed by atoms with Crippen molar-refractivity contribution in [2.45, 2.75) is 25.9 Å². The van der Waals surface area contributed by atoms with Crippen LogP contribution in [0.4, 0.5) is 0 Å². The molecular weight excluding hydrogens is 192 g/mol. The van der Waals surface area contributed by atoms with Crippen LogP contribution < -0.4 is 10.6 Å². The number of nitrogens with one attached hydrogen (secondary N) is 2. The number of rotatable bonds is 5. The van der Waals surface area contributed by atoms with Crippen LogP contribution in [-0.2, 0) is 9.53 Å². The van der Waals surface area contributed by atoms with Gasteiger partial charge >= 0.3 is 0 Å². The van der Waals surface area contributed by atoms with Crippen LogP contribution in [0.15, 0.2) is 12.2 Å². The molecule has 4 nitrogen and oxygen atoms in total. The zero-order valence-corrected chi connectivity index (χ0v) is 9.29. The van der Waals surface area contributed by atoms with Gasteiger partial charge in [0.05, 0.1) is 19.1 Å². The Morgan fingerprint density at radius 2 is 2.53 bits per heavy atom. The summed E-state index contributed by atoms with van der Waals surface area (Å²) < 4.78 is 5.44. The number of carbonyl (C=O) groups is 1. The first kappa shape index (κ1) is 12.2. The van der Waals surface area contributed by atoms with Crippen LogP contribution in [0, 0.1) is 0 Å². The molecule has 1 unspecified atom stereocenters. The smallest absolute Gasteiger partial charge is 0.222 e. The Bertz CT molecular complexity index is 211. The molecule has 1 rings (SSSR count). The number of amides is 1. The maximum atomic E-state index is 11.4. The van der Waals surface area contributed by atoms with E-state index in [1.54, 1.807) is 0 Å². The minimum Gasteiger partial charge on any atom is -0.375 e. The highest BCUT2D eigenvalue weighted by atomic mass is 16.5. The van der Waals surface area contributed by atoms with Gasteiger partial charge in [-0.1, -0.05) is 12.2 Å². The molecule has 0 aromatic carbocycles. The second-order valence-electron chi connectivity index (χ2n) is 3.61. The summed E-state index contributed by atoms with van der Waals surface area (Å²) in [5.41, 5.74) is 0. The van der Waals surface area contributed by atoms with Gasteiger partial charge in [-0.05, 0) is 13.3 Å². The summed E-state index contributed by atoms with van der Waals surface area (Å²) >= 11 is 0.